The summed E-state index contributed by atoms with van der Waals surface area (Å²) in [5.41, 5.74) is 2.03. The molecule has 1 amide bonds. The van der Waals surface area contributed by atoms with E-state index in [9.17, 15) is 4.79 Å². The average molecular weight is 303 g/mol. The number of hydrogen-bond acceptors (Lipinski definition) is 3. The molecule has 1 aliphatic carbocycles. The standard InChI is InChI=1S/C18H25NO3/c1-13-3-9-17(22-2)15(11-13)6-10-18(21)19-16-7-4-14(12-20)5-8-16/h3,6,9-11,14,16,20H,4-5,7-8,12H2,1-2H3,(H,19,21)/b10-6+. The van der Waals surface area contributed by atoms with Crippen LogP contribution in [0.5, 0.6) is 5.75 Å². The Kier molecular flexibility index (Phi) is 6.01. The lowest BCUT2D eigenvalue weighted by atomic mass is 9.86. The summed E-state index contributed by atoms with van der Waals surface area (Å²) in [6.07, 6.45) is 7.21. The first kappa shape index (κ1) is 16.6. The van der Waals surface area contributed by atoms with Crippen LogP contribution in [0, 0.1) is 12.8 Å². The number of rotatable bonds is 5. The minimum atomic E-state index is -0.0731. The van der Waals surface area contributed by atoms with Crippen LogP contribution in [0.4, 0.5) is 0 Å². The second-order valence-electron chi connectivity index (χ2n) is 5.99. The number of aliphatic hydroxyl groups is 1. The lowest BCUT2D eigenvalue weighted by molar-refractivity contribution is -0.117. The number of aliphatic hydroxyl groups excluding tert-OH is 1. The first-order valence-corrected chi connectivity index (χ1v) is 7.86. The van der Waals surface area contributed by atoms with Crippen molar-refractivity contribution in [2.75, 3.05) is 13.7 Å². The third kappa shape index (κ3) is 4.60. The van der Waals surface area contributed by atoms with Gasteiger partial charge in [-0.2, -0.15) is 0 Å². The Bertz CT molecular complexity index is 531. The fourth-order valence-electron chi connectivity index (χ4n) is 2.89. The van der Waals surface area contributed by atoms with Crippen molar-refractivity contribution in [3.8, 4) is 5.75 Å². The average Bonchev–Trinajstić information content (AvgIpc) is 2.54. The molecule has 1 saturated carbocycles. The van der Waals surface area contributed by atoms with Crippen molar-refractivity contribution in [2.24, 2.45) is 5.92 Å². The number of benzene rings is 1. The zero-order valence-electron chi connectivity index (χ0n) is 13.3. The summed E-state index contributed by atoms with van der Waals surface area (Å²) < 4.78 is 5.30. The van der Waals surface area contributed by atoms with Crippen molar-refractivity contribution in [2.45, 2.75) is 38.6 Å². The second kappa shape index (κ2) is 7.99. The molecule has 4 nitrogen and oxygen atoms in total. The van der Waals surface area contributed by atoms with Crippen molar-refractivity contribution in [3.05, 3.63) is 35.4 Å². The molecule has 1 aromatic carbocycles. The number of ether oxygens (including phenoxy) is 1. The highest BCUT2D eigenvalue weighted by Crippen LogP contribution is 2.24. The third-order valence-electron chi connectivity index (χ3n) is 4.25. The smallest absolute Gasteiger partial charge is 0.244 e. The van der Waals surface area contributed by atoms with E-state index in [2.05, 4.69) is 5.32 Å². The van der Waals surface area contributed by atoms with Gasteiger partial charge >= 0.3 is 0 Å². The van der Waals surface area contributed by atoms with Crippen molar-refractivity contribution >= 4 is 12.0 Å². The molecule has 2 N–H and O–H groups in total. The van der Waals surface area contributed by atoms with E-state index in [4.69, 9.17) is 9.84 Å². The Morgan fingerprint density at radius 1 is 1.36 bits per heavy atom. The Labute approximate surface area is 132 Å². The van der Waals surface area contributed by atoms with Crippen LogP contribution in [0.1, 0.15) is 36.8 Å². The maximum Gasteiger partial charge on any atom is 0.244 e. The van der Waals surface area contributed by atoms with Gasteiger partial charge in [-0.25, -0.2) is 0 Å². The number of carbonyl (C=O) groups excluding carboxylic acids is 1. The van der Waals surface area contributed by atoms with Crippen LogP contribution in [0.15, 0.2) is 24.3 Å². The summed E-state index contributed by atoms with van der Waals surface area (Å²) in [6.45, 7) is 2.27. The van der Waals surface area contributed by atoms with Gasteiger partial charge in [0.2, 0.25) is 5.91 Å². The van der Waals surface area contributed by atoms with E-state index in [1.165, 1.54) is 0 Å². The number of carbonyl (C=O) groups is 1. The number of aryl methyl sites for hydroxylation is 1. The van der Waals surface area contributed by atoms with Gasteiger partial charge in [0.15, 0.2) is 0 Å². The zero-order chi connectivity index (χ0) is 15.9. The molecule has 120 valence electrons. The summed E-state index contributed by atoms with van der Waals surface area (Å²) in [7, 11) is 1.63. The normalized spacial score (nSPS) is 21.8. The largest absolute Gasteiger partial charge is 0.496 e. The minimum absolute atomic E-state index is 0.0731. The summed E-state index contributed by atoms with van der Waals surface area (Å²) in [5.74, 6) is 1.09. The van der Waals surface area contributed by atoms with Crippen LogP contribution < -0.4 is 10.1 Å². The van der Waals surface area contributed by atoms with Gasteiger partial charge in [0.05, 0.1) is 7.11 Å². The highest BCUT2D eigenvalue weighted by atomic mass is 16.5. The Morgan fingerprint density at radius 3 is 2.73 bits per heavy atom. The maximum atomic E-state index is 12.0. The molecule has 2 rings (SSSR count). The van der Waals surface area contributed by atoms with Gasteiger partial charge in [0.25, 0.3) is 0 Å². The fourth-order valence-corrected chi connectivity index (χ4v) is 2.89. The Balaban J connectivity index is 1.90. The van der Waals surface area contributed by atoms with E-state index in [0.717, 1.165) is 42.6 Å². The maximum absolute atomic E-state index is 12.0. The molecule has 0 bridgehead atoms. The van der Waals surface area contributed by atoms with Gasteiger partial charge in [-0.3, -0.25) is 4.79 Å². The van der Waals surface area contributed by atoms with Crippen molar-refractivity contribution in [1.82, 2.24) is 5.32 Å². The lowest BCUT2D eigenvalue weighted by Crippen LogP contribution is -2.37. The molecule has 22 heavy (non-hydrogen) atoms. The SMILES string of the molecule is COc1ccc(C)cc1/C=C/C(=O)NC1CCC(CO)CC1. The summed E-state index contributed by atoms with van der Waals surface area (Å²) >= 11 is 0. The summed E-state index contributed by atoms with van der Waals surface area (Å²) in [4.78, 5) is 12.0. The van der Waals surface area contributed by atoms with Crippen LogP contribution in [-0.2, 0) is 4.79 Å². The van der Waals surface area contributed by atoms with Gasteiger partial charge < -0.3 is 15.2 Å². The van der Waals surface area contributed by atoms with Gasteiger partial charge in [-0.05, 0) is 56.7 Å². The van der Waals surface area contributed by atoms with Crippen molar-refractivity contribution in [3.63, 3.8) is 0 Å². The van der Waals surface area contributed by atoms with Crippen molar-refractivity contribution < 1.29 is 14.6 Å². The second-order valence-corrected chi connectivity index (χ2v) is 5.99. The third-order valence-corrected chi connectivity index (χ3v) is 4.25. The highest BCUT2D eigenvalue weighted by Gasteiger charge is 2.21. The molecule has 0 radical (unpaired) electrons. The number of hydrogen-bond donors (Lipinski definition) is 2. The van der Waals surface area contributed by atoms with E-state index >= 15 is 0 Å². The fraction of sp³-hybridized carbons (Fsp3) is 0.500. The molecular weight excluding hydrogens is 278 g/mol. The highest BCUT2D eigenvalue weighted by molar-refractivity contribution is 5.92. The number of amides is 1. The molecule has 0 aromatic heterocycles. The lowest BCUT2D eigenvalue weighted by Gasteiger charge is -2.27. The van der Waals surface area contributed by atoms with Gasteiger partial charge in [-0.1, -0.05) is 11.6 Å². The quantitative estimate of drug-likeness (QED) is 0.822. The molecule has 4 heteroatoms. The Morgan fingerprint density at radius 2 is 2.09 bits per heavy atom. The van der Waals surface area contributed by atoms with Crippen LogP contribution in [0.3, 0.4) is 0 Å². The molecule has 1 aliphatic rings. The summed E-state index contributed by atoms with van der Waals surface area (Å²) in [6, 6.07) is 6.10. The number of methoxy groups -OCH3 is 1. The van der Waals surface area contributed by atoms with E-state index in [1.807, 2.05) is 25.1 Å². The minimum Gasteiger partial charge on any atom is -0.496 e. The van der Waals surface area contributed by atoms with Crippen molar-refractivity contribution in [1.29, 1.82) is 0 Å². The van der Waals surface area contributed by atoms with E-state index < -0.39 is 0 Å². The predicted octanol–water partition coefficient (Wildman–Crippen LogP) is 2.68. The summed E-state index contributed by atoms with van der Waals surface area (Å²) in [5, 5.41) is 12.2. The molecule has 0 spiro atoms. The zero-order valence-corrected chi connectivity index (χ0v) is 13.3. The van der Waals surface area contributed by atoms with Crippen LogP contribution in [-0.4, -0.2) is 30.8 Å². The molecule has 1 aromatic rings. The molecule has 1 fully saturated rings. The first-order chi connectivity index (χ1) is 10.6. The van der Waals surface area contributed by atoms with Gasteiger partial charge in [0.1, 0.15) is 5.75 Å². The van der Waals surface area contributed by atoms with Gasteiger partial charge in [-0.15, -0.1) is 0 Å². The monoisotopic (exact) mass is 303 g/mol. The molecular formula is C18H25NO3. The number of nitrogens with one attached hydrogen (secondary N) is 1. The molecule has 0 aliphatic heterocycles. The first-order valence-electron chi connectivity index (χ1n) is 7.86. The predicted molar refractivity (Wildman–Crippen MR) is 87.7 cm³/mol. The Hall–Kier alpha value is -1.81. The van der Waals surface area contributed by atoms with E-state index in [0.29, 0.717) is 5.92 Å². The molecule has 0 heterocycles. The van der Waals surface area contributed by atoms with Crippen LogP contribution in [0.25, 0.3) is 6.08 Å². The van der Waals surface area contributed by atoms with E-state index in [-0.39, 0.29) is 18.6 Å². The van der Waals surface area contributed by atoms with E-state index in [1.54, 1.807) is 19.3 Å². The molecule has 0 atom stereocenters. The topological polar surface area (TPSA) is 58.6 Å². The molecule has 0 unspecified atom stereocenters. The molecule has 0 saturated heterocycles. The van der Waals surface area contributed by atoms with Crippen LogP contribution >= 0.6 is 0 Å². The van der Waals surface area contributed by atoms with Gasteiger partial charge in [0, 0.05) is 24.3 Å². The van der Waals surface area contributed by atoms with Crippen LogP contribution in [0.2, 0.25) is 0 Å².